The van der Waals surface area contributed by atoms with E-state index >= 15 is 0 Å². The molecule has 3 rings (SSSR count). The Labute approximate surface area is 163 Å². The summed E-state index contributed by atoms with van der Waals surface area (Å²) < 4.78 is 0. The zero-order valence-electron chi connectivity index (χ0n) is 14.5. The molecule has 1 heterocycles. The van der Waals surface area contributed by atoms with Crippen molar-refractivity contribution in [3.63, 3.8) is 0 Å². The van der Waals surface area contributed by atoms with Crippen molar-refractivity contribution < 1.29 is 9.59 Å². The van der Waals surface area contributed by atoms with E-state index in [1.807, 2.05) is 30.3 Å². The van der Waals surface area contributed by atoms with Crippen LogP contribution in [-0.2, 0) is 22.6 Å². The largest absolute Gasteiger partial charge is 0.341 e. The highest BCUT2D eigenvalue weighted by Gasteiger charge is 2.26. The summed E-state index contributed by atoms with van der Waals surface area (Å²) in [5.41, 5.74) is 2.91. The third-order valence-electron chi connectivity index (χ3n) is 4.65. The van der Waals surface area contributed by atoms with Gasteiger partial charge in [-0.15, -0.1) is 0 Å². The third kappa shape index (κ3) is 4.37. The summed E-state index contributed by atoms with van der Waals surface area (Å²) in [5.74, 6) is -0.182. The van der Waals surface area contributed by atoms with Gasteiger partial charge in [-0.1, -0.05) is 47.5 Å². The van der Waals surface area contributed by atoms with Crippen LogP contribution in [0.3, 0.4) is 0 Å². The van der Waals surface area contributed by atoms with Gasteiger partial charge in [-0.3, -0.25) is 9.59 Å². The van der Waals surface area contributed by atoms with Crippen LogP contribution >= 0.6 is 23.2 Å². The van der Waals surface area contributed by atoms with E-state index in [-0.39, 0.29) is 17.7 Å². The van der Waals surface area contributed by atoms with E-state index in [1.54, 1.807) is 24.1 Å². The van der Waals surface area contributed by atoms with Gasteiger partial charge in [0.05, 0.1) is 10.0 Å². The average Bonchev–Trinajstić information content (AvgIpc) is 2.62. The highest BCUT2D eigenvalue weighted by atomic mass is 35.5. The Morgan fingerprint density at radius 1 is 1.19 bits per heavy atom. The van der Waals surface area contributed by atoms with Crippen LogP contribution in [0.15, 0.2) is 42.5 Å². The lowest BCUT2D eigenvalue weighted by atomic mass is 9.89. The van der Waals surface area contributed by atoms with Gasteiger partial charge in [0, 0.05) is 31.6 Å². The molecule has 0 saturated heterocycles. The molecular formula is C20H20Cl2N2O2. The molecule has 1 aliphatic heterocycles. The van der Waals surface area contributed by atoms with E-state index in [2.05, 4.69) is 5.32 Å². The molecule has 2 aromatic rings. The van der Waals surface area contributed by atoms with Crippen LogP contribution in [0.5, 0.6) is 0 Å². The SMILES string of the molecule is CN(Cc1ccc(Cl)c(Cl)c1)C(=O)CC[C@@H]1Cc2ccccc2NC1=O. The first-order chi connectivity index (χ1) is 12.4. The van der Waals surface area contributed by atoms with Gasteiger partial charge < -0.3 is 10.2 Å². The van der Waals surface area contributed by atoms with Crippen LogP contribution < -0.4 is 5.32 Å². The fourth-order valence-corrected chi connectivity index (χ4v) is 3.46. The normalized spacial score (nSPS) is 16.0. The van der Waals surface area contributed by atoms with Crippen molar-refractivity contribution in [1.82, 2.24) is 4.90 Å². The van der Waals surface area contributed by atoms with E-state index in [4.69, 9.17) is 23.2 Å². The summed E-state index contributed by atoms with van der Waals surface area (Å²) in [6.45, 7) is 0.454. The van der Waals surface area contributed by atoms with Crippen LogP contribution in [-0.4, -0.2) is 23.8 Å². The number of fused-ring (bicyclic) bond motifs is 1. The zero-order chi connectivity index (χ0) is 18.7. The minimum atomic E-state index is -0.174. The molecule has 0 aromatic heterocycles. The highest BCUT2D eigenvalue weighted by molar-refractivity contribution is 6.42. The van der Waals surface area contributed by atoms with Crippen LogP contribution in [0, 0.1) is 5.92 Å². The summed E-state index contributed by atoms with van der Waals surface area (Å²) >= 11 is 11.9. The summed E-state index contributed by atoms with van der Waals surface area (Å²) in [5, 5.41) is 3.89. The van der Waals surface area contributed by atoms with Gasteiger partial charge in [-0.2, -0.15) is 0 Å². The number of hydrogen-bond donors (Lipinski definition) is 1. The van der Waals surface area contributed by atoms with Crippen molar-refractivity contribution in [1.29, 1.82) is 0 Å². The maximum atomic E-state index is 12.4. The monoisotopic (exact) mass is 390 g/mol. The first kappa shape index (κ1) is 18.7. The van der Waals surface area contributed by atoms with E-state index in [0.29, 0.717) is 35.9 Å². The number of benzene rings is 2. The standard InChI is InChI=1S/C20H20Cl2N2O2/c1-24(12-13-6-8-16(21)17(22)10-13)19(25)9-7-15-11-14-4-2-3-5-18(14)23-20(15)26/h2-6,8,10,15H,7,9,11-12H2,1H3,(H,23,26)/t15-/m1/s1. The van der Waals surface area contributed by atoms with Crippen molar-refractivity contribution in [2.45, 2.75) is 25.8 Å². The molecule has 1 atom stereocenters. The van der Waals surface area contributed by atoms with Crippen LogP contribution in [0.25, 0.3) is 0 Å². The number of carbonyl (C=O) groups is 2. The van der Waals surface area contributed by atoms with Gasteiger partial charge in [0.2, 0.25) is 11.8 Å². The molecule has 0 fully saturated rings. The zero-order valence-corrected chi connectivity index (χ0v) is 16.0. The predicted molar refractivity (Wildman–Crippen MR) is 104 cm³/mol. The van der Waals surface area contributed by atoms with E-state index in [0.717, 1.165) is 16.8 Å². The van der Waals surface area contributed by atoms with Gasteiger partial charge in [0.1, 0.15) is 0 Å². The van der Waals surface area contributed by atoms with Crippen molar-refractivity contribution in [3.05, 3.63) is 63.6 Å². The van der Waals surface area contributed by atoms with Crippen LogP contribution in [0.1, 0.15) is 24.0 Å². The van der Waals surface area contributed by atoms with Crippen molar-refractivity contribution in [3.8, 4) is 0 Å². The topological polar surface area (TPSA) is 49.4 Å². The molecule has 1 aliphatic rings. The van der Waals surface area contributed by atoms with Crippen molar-refractivity contribution in [2.24, 2.45) is 5.92 Å². The number of rotatable bonds is 5. The molecule has 0 saturated carbocycles. The smallest absolute Gasteiger partial charge is 0.227 e. The number of amides is 2. The van der Waals surface area contributed by atoms with E-state index in [1.165, 1.54) is 0 Å². The number of nitrogens with one attached hydrogen (secondary N) is 1. The number of hydrogen-bond acceptors (Lipinski definition) is 2. The fourth-order valence-electron chi connectivity index (χ4n) is 3.13. The predicted octanol–water partition coefficient (Wildman–Crippen LogP) is 4.54. The lowest BCUT2D eigenvalue weighted by Gasteiger charge is -2.25. The van der Waals surface area contributed by atoms with Gasteiger partial charge in [0.15, 0.2) is 0 Å². The van der Waals surface area contributed by atoms with E-state index in [9.17, 15) is 9.59 Å². The lowest BCUT2D eigenvalue weighted by Crippen LogP contribution is -2.32. The second-order valence-corrected chi connectivity index (χ2v) is 7.40. The van der Waals surface area contributed by atoms with Crippen molar-refractivity contribution in [2.75, 3.05) is 12.4 Å². The second-order valence-electron chi connectivity index (χ2n) is 6.58. The second kappa shape index (κ2) is 8.11. The molecule has 6 heteroatoms. The quantitative estimate of drug-likeness (QED) is 0.814. The molecule has 0 radical (unpaired) electrons. The Morgan fingerprint density at radius 2 is 1.96 bits per heavy atom. The molecular weight excluding hydrogens is 371 g/mol. The average molecular weight is 391 g/mol. The summed E-state index contributed by atoms with van der Waals surface area (Å²) in [6, 6.07) is 13.1. The molecule has 1 N–H and O–H groups in total. The maximum Gasteiger partial charge on any atom is 0.227 e. The number of nitrogens with zero attached hydrogens (tertiary/aromatic N) is 1. The van der Waals surface area contributed by atoms with Gasteiger partial charge in [-0.25, -0.2) is 0 Å². The number of carbonyl (C=O) groups excluding carboxylic acids is 2. The minimum Gasteiger partial charge on any atom is -0.341 e. The van der Waals surface area contributed by atoms with Crippen LogP contribution in [0.2, 0.25) is 10.0 Å². The maximum absolute atomic E-state index is 12.4. The molecule has 0 bridgehead atoms. The molecule has 136 valence electrons. The Hall–Kier alpha value is -2.04. The van der Waals surface area contributed by atoms with Crippen molar-refractivity contribution >= 4 is 40.7 Å². The molecule has 0 unspecified atom stereocenters. The molecule has 2 amide bonds. The first-order valence-electron chi connectivity index (χ1n) is 8.50. The Bertz CT molecular complexity index is 838. The molecule has 2 aromatic carbocycles. The van der Waals surface area contributed by atoms with Crippen LogP contribution in [0.4, 0.5) is 5.69 Å². The van der Waals surface area contributed by atoms with E-state index < -0.39 is 0 Å². The van der Waals surface area contributed by atoms with Gasteiger partial charge >= 0.3 is 0 Å². The Balaban J connectivity index is 1.55. The Kier molecular flexibility index (Phi) is 5.84. The highest BCUT2D eigenvalue weighted by Crippen LogP contribution is 2.28. The third-order valence-corrected chi connectivity index (χ3v) is 5.39. The lowest BCUT2D eigenvalue weighted by molar-refractivity contribution is -0.131. The van der Waals surface area contributed by atoms with Gasteiger partial charge in [-0.05, 0) is 42.2 Å². The van der Waals surface area contributed by atoms with Gasteiger partial charge in [0.25, 0.3) is 0 Å². The molecule has 0 aliphatic carbocycles. The summed E-state index contributed by atoms with van der Waals surface area (Å²) in [4.78, 5) is 26.3. The molecule has 4 nitrogen and oxygen atoms in total. The first-order valence-corrected chi connectivity index (χ1v) is 9.26. The minimum absolute atomic E-state index is 0.00253. The molecule has 26 heavy (non-hydrogen) atoms. The summed E-state index contributed by atoms with van der Waals surface area (Å²) in [6.07, 6.45) is 1.54. The number of halogens is 2. The number of anilines is 1. The Morgan fingerprint density at radius 3 is 2.73 bits per heavy atom. The fraction of sp³-hybridized carbons (Fsp3) is 0.300. The molecule has 0 spiro atoms. The number of para-hydroxylation sites is 1. The summed E-state index contributed by atoms with van der Waals surface area (Å²) in [7, 11) is 1.75.